The van der Waals surface area contributed by atoms with E-state index in [-0.39, 0.29) is 26.9 Å². The first-order chi connectivity index (χ1) is 21.7. The molecular weight excluding hydrogens is 630 g/mol. The summed E-state index contributed by atoms with van der Waals surface area (Å²) in [6, 6.07) is 16.3. The van der Waals surface area contributed by atoms with Crippen LogP contribution in [0.2, 0.25) is 5.02 Å². The first-order valence-corrected chi connectivity index (χ1v) is 16.7. The molecule has 4 N–H and O–H groups in total. The number of aromatic nitrogens is 2. The summed E-state index contributed by atoms with van der Waals surface area (Å²) in [5, 5.41) is 10.2. The molecule has 11 nitrogen and oxygen atoms in total. The molecule has 46 heavy (non-hydrogen) atoms. The summed E-state index contributed by atoms with van der Waals surface area (Å²) in [7, 11) is -3.42. The minimum atomic E-state index is -3.42. The van der Waals surface area contributed by atoms with Gasteiger partial charge in [0.15, 0.2) is 15.5 Å². The molecule has 1 aromatic heterocycles. The lowest BCUT2D eigenvalue weighted by Crippen LogP contribution is -2.27. The van der Waals surface area contributed by atoms with Crippen LogP contribution in [0.5, 0.6) is 0 Å². The van der Waals surface area contributed by atoms with Crippen molar-refractivity contribution in [2.24, 2.45) is 5.73 Å². The van der Waals surface area contributed by atoms with Crippen molar-refractivity contribution in [1.29, 1.82) is 0 Å². The van der Waals surface area contributed by atoms with E-state index in [1.54, 1.807) is 62.7 Å². The number of hydrogen-bond donors (Lipinski definition) is 3. The van der Waals surface area contributed by atoms with Gasteiger partial charge in [0.05, 0.1) is 32.6 Å². The van der Waals surface area contributed by atoms with Gasteiger partial charge in [-0.1, -0.05) is 24.6 Å². The Morgan fingerprint density at radius 1 is 0.978 bits per heavy atom. The van der Waals surface area contributed by atoms with Crippen molar-refractivity contribution in [2.75, 3.05) is 16.4 Å². The minimum Gasteiger partial charge on any atom is -0.444 e. The van der Waals surface area contributed by atoms with Crippen LogP contribution in [0.25, 0.3) is 16.9 Å². The maximum absolute atomic E-state index is 13.4. The number of nitrogens with zero attached hydrogens (tertiary/aromatic N) is 2. The van der Waals surface area contributed by atoms with Crippen molar-refractivity contribution < 1.29 is 27.5 Å². The van der Waals surface area contributed by atoms with Crippen molar-refractivity contribution in [3.05, 3.63) is 88.1 Å². The Kier molecular flexibility index (Phi) is 8.96. The zero-order chi connectivity index (χ0) is 33.4. The molecule has 3 aromatic carbocycles. The highest BCUT2D eigenvalue weighted by atomic mass is 35.5. The Morgan fingerprint density at radius 2 is 1.65 bits per heavy atom. The smallest absolute Gasteiger partial charge is 0.412 e. The number of rotatable bonds is 8. The summed E-state index contributed by atoms with van der Waals surface area (Å²) in [5.41, 5.74) is 9.57. The molecule has 1 aliphatic carbocycles. The number of hydrogen-bond acceptors (Lipinski definition) is 7. The van der Waals surface area contributed by atoms with E-state index < -0.39 is 33.3 Å². The second-order valence-electron chi connectivity index (χ2n) is 11.9. The zero-order valence-electron chi connectivity index (χ0n) is 25.8. The van der Waals surface area contributed by atoms with Gasteiger partial charge in [-0.05, 0) is 100 Å². The zero-order valence-corrected chi connectivity index (χ0v) is 27.4. The third-order valence-electron chi connectivity index (χ3n) is 7.25. The van der Waals surface area contributed by atoms with Gasteiger partial charge in [0, 0.05) is 22.5 Å². The standard InChI is InChI=1S/C33H34ClN5O6S/c1-5-16-46(43,44)23-12-10-22(11-13-23)39-29-24(28(38-39)30(35)40)14-7-19-6-8-20(17-25(19)29)36-31(41)26-18-21(9-15-27(26)34)37-32(42)45-33(2,3)4/h6,8-13,15,17-18H,5,7,14,16H2,1-4H3,(H2,35,40)(H,36,41)(H,37,42). The van der Waals surface area contributed by atoms with Crippen molar-refractivity contribution >= 4 is 50.7 Å². The highest BCUT2D eigenvalue weighted by molar-refractivity contribution is 7.91. The second kappa shape index (κ2) is 12.6. The van der Waals surface area contributed by atoms with Crippen LogP contribution in [0.3, 0.4) is 0 Å². The van der Waals surface area contributed by atoms with Gasteiger partial charge >= 0.3 is 6.09 Å². The maximum atomic E-state index is 13.4. The summed E-state index contributed by atoms with van der Waals surface area (Å²) in [5.74, 6) is -1.16. The fraction of sp³-hybridized carbons (Fsp3) is 0.273. The molecule has 3 amide bonds. The summed E-state index contributed by atoms with van der Waals surface area (Å²) < 4.78 is 32.0. The molecule has 240 valence electrons. The Labute approximate surface area is 272 Å². The maximum Gasteiger partial charge on any atom is 0.412 e. The SMILES string of the molecule is CCCS(=O)(=O)c1ccc(-n2nc(C(N)=O)c3c2-c2cc(NC(=O)c4cc(NC(=O)OC(C)(C)C)ccc4Cl)ccc2CC3)cc1. The number of sulfone groups is 1. The Morgan fingerprint density at radius 3 is 2.30 bits per heavy atom. The van der Waals surface area contributed by atoms with Gasteiger partial charge in [-0.2, -0.15) is 5.10 Å². The number of aryl methyl sites for hydroxylation is 1. The number of primary amides is 1. The van der Waals surface area contributed by atoms with E-state index >= 15 is 0 Å². The molecule has 0 saturated heterocycles. The van der Waals surface area contributed by atoms with Gasteiger partial charge < -0.3 is 15.8 Å². The van der Waals surface area contributed by atoms with E-state index in [0.717, 1.165) is 11.1 Å². The van der Waals surface area contributed by atoms with Crippen LogP contribution >= 0.6 is 11.6 Å². The first-order valence-electron chi connectivity index (χ1n) is 14.7. The number of ether oxygens (including phenoxy) is 1. The Bertz CT molecular complexity index is 1960. The molecule has 0 saturated carbocycles. The number of nitrogens with two attached hydrogens (primary N) is 1. The number of benzene rings is 3. The van der Waals surface area contributed by atoms with Crippen LogP contribution in [-0.2, 0) is 27.4 Å². The molecule has 1 aliphatic rings. The van der Waals surface area contributed by atoms with E-state index in [1.807, 2.05) is 6.07 Å². The molecule has 0 aliphatic heterocycles. The molecule has 0 fully saturated rings. The highest BCUT2D eigenvalue weighted by Crippen LogP contribution is 2.38. The van der Waals surface area contributed by atoms with Crippen molar-refractivity contribution in [2.45, 2.75) is 57.5 Å². The summed E-state index contributed by atoms with van der Waals surface area (Å²) in [6.45, 7) is 7.03. The van der Waals surface area contributed by atoms with Gasteiger partial charge in [0.1, 0.15) is 5.60 Å². The number of anilines is 2. The summed E-state index contributed by atoms with van der Waals surface area (Å²) >= 11 is 6.36. The molecule has 5 rings (SSSR count). The number of carbonyl (C=O) groups is 3. The van der Waals surface area contributed by atoms with Gasteiger partial charge in [-0.15, -0.1) is 0 Å². The van der Waals surface area contributed by atoms with Crippen molar-refractivity contribution in [3.63, 3.8) is 0 Å². The minimum absolute atomic E-state index is 0.0347. The third-order valence-corrected chi connectivity index (χ3v) is 9.52. The Hall–Kier alpha value is -4.68. The molecule has 4 aromatic rings. The number of fused-ring (bicyclic) bond motifs is 3. The monoisotopic (exact) mass is 663 g/mol. The largest absolute Gasteiger partial charge is 0.444 e. The lowest BCUT2D eigenvalue weighted by molar-refractivity contribution is 0.0635. The molecule has 0 radical (unpaired) electrons. The molecule has 0 unspecified atom stereocenters. The molecule has 13 heteroatoms. The predicted octanol–water partition coefficient (Wildman–Crippen LogP) is 6.17. The topological polar surface area (TPSA) is 162 Å². The summed E-state index contributed by atoms with van der Waals surface area (Å²) in [6.07, 6.45) is 0.953. The first kappa shape index (κ1) is 32.7. The lowest BCUT2D eigenvalue weighted by atomic mass is 9.88. The average Bonchev–Trinajstić information content (AvgIpc) is 3.38. The normalized spacial score (nSPS) is 12.5. The van der Waals surface area contributed by atoms with Gasteiger partial charge in [-0.3, -0.25) is 14.9 Å². The average molecular weight is 664 g/mol. The van der Waals surface area contributed by atoms with Crippen LogP contribution in [0, 0.1) is 0 Å². The fourth-order valence-corrected chi connectivity index (χ4v) is 6.81. The fourth-order valence-electron chi connectivity index (χ4n) is 5.28. The third kappa shape index (κ3) is 6.92. The number of nitrogens with one attached hydrogen (secondary N) is 2. The number of halogens is 1. The van der Waals surface area contributed by atoms with E-state index in [2.05, 4.69) is 15.7 Å². The molecule has 1 heterocycles. The van der Waals surface area contributed by atoms with E-state index in [0.29, 0.717) is 47.6 Å². The second-order valence-corrected chi connectivity index (χ2v) is 14.4. The highest BCUT2D eigenvalue weighted by Gasteiger charge is 2.29. The number of amides is 3. The lowest BCUT2D eigenvalue weighted by Gasteiger charge is -2.20. The summed E-state index contributed by atoms with van der Waals surface area (Å²) in [4.78, 5) is 38.3. The van der Waals surface area contributed by atoms with E-state index in [9.17, 15) is 22.8 Å². The van der Waals surface area contributed by atoms with Crippen LogP contribution in [-0.4, -0.2) is 47.5 Å². The van der Waals surface area contributed by atoms with Crippen LogP contribution in [0.15, 0.2) is 65.6 Å². The van der Waals surface area contributed by atoms with Crippen LogP contribution in [0.4, 0.5) is 16.2 Å². The molecular formula is C33H34ClN5O6S. The quantitative estimate of drug-likeness (QED) is 0.203. The van der Waals surface area contributed by atoms with Crippen LogP contribution < -0.4 is 16.4 Å². The van der Waals surface area contributed by atoms with Crippen LogP contribution in [0.1, 0.15) is 66.1 Å². The van der Waals surface area contributed by atoms with E-state index in [4.69, 9.17) is 22.1 Å². The van der Waals surface area contributed by atoms with E-state index in [1.165, 1.54) is 24.3 Å². The van der Waals surface area contributed by atoms with Gasteiger partial charge in [0.25, 0.3) is 11.8 Å². The van der Waals surface area contributed by atoms with Gasteiger partial charge in [-0.25, -0.2) is 17.9 Å². The Balaban J connectivity index is 1.48. The van der Waals surface area contributed by atoms with Crippen molar-refractivity contribution in [1.82, 2.24) is 9.78 Å². The predicted molar refractivity (Wildman–Crippen MR) is 177 cm³/mol. The van der Waals surface area contributed by atoms with Gasteiger partial charge in [0.2, 0.25) is 0 Å². The molecule has 0 spiro atoms. The molecule has 0 atom stereocenters. The van der Waals surface area contributed by atoms with Crippen molar-refractivity contribution in [3.8, 4) is 16.9 Å². The molecule has 0 bridgehead atoms. The number of carbonyl (C=O) groups excluding carboxylic acids is 3.